The summed E-state index contributed by atoms with van der Waals surface area (Å²) in [5.74, 6) is 0.594. The van der Waals surface area contributed by atoms with E-state index in [2.05, 4.69) is 11.9 Å². The Bertz CT molecular complexity index is 1100. The Morgan fingerprint density at radius 1 is 1.14 bits per heavy atom. The van der Waals surface area contributed by atoms with E-state index in [0.29, 0.717) is 12.2 Å². The van der Waals surface area contributed by atoms with Gasteiger partial charge in [-0.3, -0.25) is 0 Å². The second kappa shape index (κ2) is 10.8. The van der Waals surface area contributed by atoms with E-state index in [1.807, 2.05) is 20.8 Å². The number of halogens is 4. The largest absolute Gasteiger partial charge is 0.507 e. The maximum atomic E-state index is 13.4. The van der Waals surface area contributed by atoms with Crippen LogP contribution in [-0.4, -0.2) is 23.3 Å². The molecule has 5 N–H and O–H groups in total. The molecule has 0 saturated heterocycles. The number of rotatable bonds is 7. The van der Waals surface area contributed by atoms with Crippen molar-refractivity contribution in [2.45, 2.75) is 71.6 Å². The molecule has 0 aliphatic carbocycles. The summed E-state index contributed by atoms with van der Waals surface area (Å²) in [5, 5.41) is 10.3. The predicted octanol–water partition coefficient (Wildman–Crippen LogP) is 6.00. The van der Waals surface area contributed by atoms with Gasteiger partial charge in [-0.1, -0.05) is 0 Å². The van der Waals surface area contributed by atoms with Gasteiger partial charge < -0.3 is 26.0 Å². The highest BCUT2D eigenvalue weighted by Gasteiger charge is 2.36. The highest BCUT2D eigenvalue weighted by atomic mass is 35.5. The number of alkyl halides is 3. The summed E-state index contributed by atoms with van der Waals surface area (Å²) in [5.41, 5.74) is 12.9. The van der Waals surface area contributed by atoms with Crippen LogP contribution in [0.15, 0.2) is 23.2 Å². The fourth-order valence-electron chi connectivity index (χ4n) is 4.34. The first-order valence-electron chi connectivity index (χ1n) is 11.3. The summed E-state index contributed by atoms with van der Waals surface area (Å²) in [6.45, 7) is 7.93. The highest BCUT2D eigenvalue weighted by molar-refractivity contribution is 5.85. The number of aromatic hydroxyl groups is 1. The molecule has 0 fully saturated rings. The topological polar surface area (TPSA) is 103 Å². The lowest BCUT2D eigenvalue weighted by Crippen LogP contribution is -2.37. The highest BCUT2D eigenvalue weighted by Crippen LogP contribution is 2.44. The van der Waals surface area contributed by atoms with Crippen molar-refractivity contribution >= 4 is 24.1 Å². The Hall–Kier alpha value is -2.81. The van der Waals surface area contributed by atoms with Crippen molar-refractivity contribution in [1.82, 2.24) is 0 Å². The number of ether oxygens (including phenoxy) is 2. The fraction of sp³-hybridized carbons (Fsp3) is 0.480. The molecule has 0 bridgehead atoms. The van der Waals surface area contributed by atoms with E-state index >= 15 is 0 Å². The molecule has 6 nitrogen and oxygen atoms in total. The van der Waals surface area contributed by atoms with Gasteiger partial charge in [0, 0.05) is 5.56 Å². The molecule has 194 valence electrons. The number of nitrogens with two attached hydrogens (primary N) is 2. The van der Waals surface area contributed by atoms with Crippen LogP contribution in [0.25, 0.3) is 0 Å². The van der Waals surface area contributed by atoms with Gasteiger partial charge in [0.2, 0.25) is 0 Å². The quantitative estimate of drug-likeness (QED) is 0.238. The molecule has 0 aromatic heterocycles. The average Bonchev–Trinajstić information content (AvgIpc) is 2.75. The Balaban J connectivity index is 0.00000432. The van der Waals surface area contributed by atoms with Gasteiger partial charge in [0.25, 0.3) is 0 Å². The van der Waals surface area contributed by atoms with Crippen LogP contribution in [0.2, 0.25) is 0 Å². The van der Waals surface area contributed by atoms with Crippen LogP contribution >= 0.6 is 12.4 Å². The molecule has 1 atom stereocenters. The molecule has 2 aromatic carbocycles. The minimum Gasteiger partial charge on any atom is -0.507 e. The lowest BCUT2D eigenvalue weighted by Gasteiger charge is -2.38. The Labute approximate surface area is 209 Å². The van der Waals surface area contributed by atoms with Crippen LogP contribution in [-0.2, 0) is 12.6 Å². The third-order valence-electron chi connectivity index (χ3n) is 6.48. The molecule has 0 amide bonds. The van der Waals surface area contributed by atoms with Gasteiger partial charge in [0.05, 0.1) is 17.9 Å². The predicted molar refractivity (Wildman–Crippen MR) is 133 cm³/mol. The van der Waals surface area contributed by atoms with E-state index in [0.717, 1.165) is 59.8 Å². The van der Waals surface area contributed by atoms with E-state index < -0.39 is 11.7 Å². The van der Waals surface area contributed by atoms with E-state index in [9.17, 15) is 18.3 Å². The summed E-state index contributed by atoms with van der Waals surface area (Å²) in [7, 11) is 0. The zero-order chi connectivity index (χ0) is 25.3. The van der Waals surface area contributed by atoms with Crippen molar-refractivity contribution < 1.29 is 27.8 Å². The zero-order valence-electron chi connectivity index (χ0n) is 20.4. The molecule has 0 radical (unpaired) electrons. The van der Waals surface area contributed by atoms with Crippen molar-refractivity contribution in [1.29, 1.82) is 0 Å². The number of fused-ring (bicyclic) bond motifs is 1. The first-order valence-corrected chi connectivity index (χ1v) is 11.3. The summed E-state index contributed by atoms with van der Waals surface area (Å²) in [6, 6.07) is 3.48. The first-order chi connectivity index (χ1) is 15.8. The SMILES string of the molecule is Cc1c(C)c2c(c(C)c1O)CCC(C)(CCCCOc1ccc(N=C(N)N)cc1C(F)(F)F)O2.Cl. The second-order valence-corrected chi connectivity index (χ2v) is 9.10. The number of benzene rings is 2. The van der Waals surface area contributed by atoms with Crippen molar-refractivity contribution in [3.05, 3.63) is 46.0 Å². The summed E-state index contributed by atoms with van der Waals surface area (Å²) >= 11 is 0. The Morgan fingerprint density at radius 3 is 2.46 bits per heavy atom. The van der Waals surface area contributed by atoms with Gasteiger partial charge in [-0.25, -0.2) is 4.99 Å². The van der Waals surface area contributed by atoms with Gasteiger partial charge in [0.1, 0.15) is 22.8 Å². The number of guanidine groups is 1. The number of unbranched alkanes of at least 4 members (excludes halogenated alkanes) is 1. The van der Waals surface area contributed by atoms with E-state index in [-0.39, 0.29) is 42.0 Å². The van der Waals surface area contributed by atoms with Gasteiger partial charge in [0.15, 0.2) is 5.96 Å². The van der Waals surface area contributed by atoms with Crippen LogP contribution in [0, 0.1) is 20.8 Å². The van der Waals surface area contributed by atoms with Crippen LogP contribution in [0.3, 0.4) is 0 Å². The monoisotopic (exact) mass is 515 g/mol. The smallest absolute Gasteiger partial charge is 0.420 e. The van der Waals surface area contributed by atoms with Gasteiger partial charge in [-0.15, -0.1) is 12.4 Å². The lowest BCUT2D eigenvalue weighted by atomic mass is 9.85. The molecule has 10 heteroatoms. The standard InChI is InChI=1S/C25H32F3N3O3.ClH/c1-14-15(2)22-18(16(3)21(14)32)9-11-24(4,34-22)10-5-6-12-33-20-8-7-17(31-23(29)30)13-19(20)25(26,27)28;/h7-8,13,32H,5-6,9-12H2,1-4H3,(H4,29,30,31);1H. The number of hydrogen-bond acceptors (Lipinski definition) is 4. The molecule has 2 aromatic rings. The summed E-state index contributed by atoms with van der Waals surface area (Å²) in [4.78, 5) is 3.67. The summed E-state index contributed by atoms with van der Waals surface area (Å²) in [6.07, 6.45) is -0.943. The number of phenols is 1. The number of nitrogens with zero attached hydrogens (tertiary/aromatic N) is 1. The lowest BCUT2D eigenvalue weighted by molar-refractivity contribution is -0.138. The van der Waals surface area contributed by atoms with Crippen molar-refractivity contribution in [2.75, 3.05) is 6.61 Å². The zero-order valence-corrected chi connectivity index (χ0v) is 21.2. The Morgan fingerprint density at radius 2 is 1.83 bits per heavy atom. The Kier molecular flexibility index (Phi) is 8.81. The van der Waals surface area contributed by atoms with E-state index in [1.54, 1.807) is 0 Å². The van der Waals surface area contributed by atoms with E-state index in [4.69, 9.17) is 20.9 Å². The molecular formula is C25H33ClF3N3O3. The maximum absolute atomic E-state index is 13.4. The third-order valence-corrected chi connectivity index (χ3v) is 6.48. The fourth-order valence-corrected chi connectivity index (χ4v) is 4.34. The molecule has 0 spiro atoms. The molecule has 3 rings (SSSR count). The van der Waals surface area contributed by atoms with Crippen LogP contribution in [0.5, 0.6) is 17.2 Å². The first kappa shape index (κ1) is 28.4. The van der Waals surface area contributed by atoms with Crippen LogP contribution in [0.1, 0.15) is 60.4 Å². The molecule has 1 unspecified atom stereocenters. The van der Waals surface area contributed by atoms with Crippen LogP contribution in [0.4, 0.5) is 18.9 Å². The third kappa shape index (κ3) is 6.45. The average molecular weight is 516 g/mol. The molecule has 1 aliphatic heterocycles. The van der Waals surface area contributed by atoms with Gasteiger partial charge >= 0.3 is 6.18 Å². The van der Waals surface area contributed by atoms with Gasteiger partial charge in [-0.05, 0) is 94.7 Å². The molecule has 35 heavy (non-hydrogen) atoms. The molecule has 0 saturated carbocycles. The van der Waals surface area contributed by atoms with Crippen molar-refractivity contribution in [3.8, 4) is 17.2 Å². The van der Waals surface area contributed by atoms with Gasteiger partial charge in [-0.2, -0.15) is 13.2 Å². The van der Waals surface area contributed by atoms with Crippen LogP contribution < -0.4 is 20.9 Å². The number of aliphatic imine (C=N–C) groups is 1. The summed E-state index contributed by atoms with van der Waals surface area (Å²) < 4.78 is 52.2. The molecule has 1 aliphatic rings. The minimum absolute atomic E-state index is 0. The molecular weight excluding hydrogens is 483 g/mol. The normalized spacial score (nSPS) is 17.1. The number of phenolic OH excluding ortho intramolecular Hbond substituents is 1. The number of hydrogen-bond donors (Lipinski definition) is 3. The molecule has 1 heterocycles. The van der Waals surface area contributed by atoms with E-state index in [1.165, 1.54) is 12.1 Å². The maximum Gasteiger partial charge on any atom is 0.420 e. The second-order valence-electron chi connectivity index (χ2n) is 9.10. The minimum atomic E-state index is -4.59. The van der Waals surface area contributed by atoms with Crippen molar-refractivity contribution in [2.24, 2.45) is 16.5 Å². The van der Waals surface area contributed by atoms with Crippen molar-refractivity contribution in [3.63, 3.8) is 0 Å².